The van der Waals surface area contributed by atoms with E-state index in [0.717, 1.165) is 5.56 Å². The first-order chi connectivity index (χ1) is 19.4. The summed E-state index contributed by atoms with van der Waals surface area (Å²) in [6, 6.07) is 3.71. The van der Waals surface area contributed by atoms with Crippen molar-refractivity contribution in [2.24, 2.45) is 16.5 Å². The molecule has 0 fully saturated rings. The molecular formula is C27H37N7O5S2. The number of nitrogens with zero attached hydrogens (tertiary/aromatic N) is 3. The van der Waals surface area contributed by atoms with Gasteiger partial charge in [0, 0.05) is 30.5 Å². The number of pyridine rings is 1. The Bertz CT molecular complexity index is 1450. The van der Waals surface area contributed by atoms with Gasteiger partial charge in [-0.15, -0.1) is 11.3 Å². The summed E-state index contributed by atoms with van der Waals surface area (Å²) in [6.07, 6.45) is 4.77. The van der Waals surface area contributed by atoms with Gasteiger partial charge in [0.15, 0.2) is 0 Å². The number of aliphatic hydroxyl groups is 1. The molecule has 3 rings (SSSR count). The lowest BCUT2D eigenvalue weighted by Crippen LogP contribution is -2.48. The van der Waals surface area contributed by atoms with Crippen LogP contribution in [0.5, 0.6) is 5.75 Å². The second-order valence-corrected chi connectivity index (χ2v) is 12.1. The number of aliphatic hydroxyl groups excluding tert-OH is 1. The number of nitrogens with one attached hydrogen (secondary N) is 2. The van der Waals surface area contributed by atoms with Crippen LogP contribution in [0.15, 0.2) is 52.1 Å². The molecule has 0 aliphatic heterocycles. The number of aryl methyl sites for hydroxylation is 1. The summed E-state index contributed by atoms with van der Waals surface area (Å²) in [5.41, 5.74) is 14.6. The number of methoxy groups -OCH3 is 1. The van der Waals surface area contributed by atoms with Crippen LogP contribution in [0.2, 0.25) is 0 Å². The van der Waals surface area contributed by atoms with Crippen LogP contribution in [0.4, 0.5) is 0 Å². The van der Waals surface area contributed by atoms with Crippen molar-refractivity contribution < 1.29 is 23.1 Å². The van der Waals surface area contributed by atoms with Crippen LogP contribution in [0.1, 0.15) is 46.2 Å². The highest BCUT2D eigenvalue weighted by atomic mass is 32.2. The summed E-state index contributed by atoms with van der Waals surface area (Å²) in [7, 11) is -2.47. The highest BCUT2D eigenvalue weighted by Crippen LogP contribution is 2.30. The van der Waals surface area contributed by atoms with Crippen molar-refractivity contribution in [2.75, 3.05) is 13.7 Å². The van der Waals surface area contributed by atoms with Crippen molar-refractivity contribution in [2.45, 2.75) is 63.1 Å². The molecule has 14 heteroatoms. The number of ether oxygens (including phenoxy) is 1. The average Bonchev–Trinajstić information content (AvgIpc) is 3.47. The van der Waals surface area contributed by atoms with Gasteiger partial charge in [-0.2, -0.15) is 0 Å². The van der Waals surface area contributed by atoms with Gasteiger partial charge in [0.1, 0.15) is 16.9 Å². The summed E-state index contributed by atoms with van der Waals surface area (Å²) < 4.78 is 33.9. The Morgan fingerprint density at radius 1 is 1.24 bits per heavy atom. The molecule has 222 valence electrons. The predicted octanol–water partition coefficient (Wildman–Crippen LogP) is 1.63. The number of thiazole rings is 1. The van der Waals surface area contributed by atoms with Crippen LogP contribution >= 0.6 is 11.3 Å². The van der Waals surface area contributed by atoms with Crippen molar-refractivity contribution in [3.05, 3.63) is 69.4 Å². The number of carbonyl (C=O) groups excluding carboxylic acids is 1. The lowest BCUT2D eigenvalue weighted by molar-refractivity contribution is -0.124. The normalized spacial score (nSPS) is 14.2. The number of aromatic nitrogens is 2. The number of carbonyl (C=O) groups is 1. The number of nitrogens with two attached hydrogens (primary N) is 2. The van der Waals surface area contributed by atoms with E-state index in [9.17, 15) is 18.3 Å². The van der Waals surface area contributed by atoms with Crippen molar-refractivity contribution >= 4 is 33.2 Å². The number of guanidine groups is 1. The smallest absolute Gasteiger partial charge is 0.264 e. The Kier molecular flexibility index (Phi) is 11.2. The molecule has 0 aliphatic carbocycles. The third-order valence-corrected chi connectivity index (χ3v) is 9.08. The molecule has 0 saturated carbocycles. The van der Waals surface area contributed by atoms with Crippen molar-refractivity contribution in [3.63, 3.8) is 0 Å². The average molecular weight is 604 g/mol. The van der Waals surface area contributed by atoms with Gasteiger partial charge >= 0.3 is 0 Å². The summed E-state index contributed by atoms with van der Waals surface area (Å²) in [5.74, 6) is -0.0946. The molecule has 1 unspecified atom stereocenters. The van der Waals surface area contributed by atoms with Crippen LogP contribution in [-0.4, -0.2) is 61.1 Å². The zero-order valence-electron chi connectivity index (χ0n) is 23.5. The zero-order valence-corrected chi connectivity index (χ0v) is 25.1. The lowest BCUT2D eigenvalue weighted by Gasteiger charge is -2.24. The van der Waals surface area contributed by atoms with E-state index in [-0.39, 0.29) is 23.8 Å². The van der Waals surface area contributed by atoms with E-state index in [4.69, 9.17) is 16.2 Å². The molecule has 2 heterocycles. The fourth-order valence-electron chi connectivity index (χ4n) is 4.40. The van der Waals surface area contributed by atoms with Gasteiger partial charge in [-0.1, -0.05) is 6.07 Å². The predicted molar refractivity (Wildman–Crippen MR) is 158 cm³/mol. The minimum absolute atomic E-state index is 0.117. The molecule has 1 amide bonds. The van der Waals surface area contributed by atoms with Gasteiger partial charge in [-0.05, 0) is 74.4 Å². The lowest BCUT2D eigenvalue weighted by atomic mass is 10.0. The molecule has 7 N–H and O–H groups in total. The van der Waals surface area contributed by atoms with E-state index in [1.807, 2.05) is 6.07 Å². The maximum absolute atomic E-state index is 13.1. The number of sulfonamides is 1. The molecule has 41 heavy (non-hydrogen) atoms. The Morgan fingerprint density at radius 3 is 2.63 bits per heavy atom. The van der Waals surface area contributed by atoms with Crippen LogP contribution in [0.3, 0.4) is 0 Å². The molecule has 1 aromatic carbocycles. The quantitative estimate of drug-likeness (QED) is 0.110. The van der Waals surface area contributed by atoms with Gasteiger partial charge in [-0.3, -0.25) is 14.8 Å². The molecule has 2 aromatic heterocycles. The Balaban J connectivity index is 1.64. The first-order valence-corrected chi connectivity index (χ1v) is 15.3. The Hall–Kier alpha value is -3.59. The number of benzene rings is 1. The number of hydrogen-bond acceptors (Lipinski definition) is 10. The summed E-state index contributed by atoms with van der Waals surface area (Å²) in [5, 5.41) is 15.9. The van der Waals surface area contributed by atoms with Crippen LogP contribution in [0, 0.1) is 20.8 Å². The largest absolute Gasteiger partial charge is 0.496 e. The van der Waals surface area contributed by atoms with Gasteiger partial charge in [0.25, 0.3) is 10.0 Å². The molecule has 0 radical (unpaired) electrons. The SMILES string of the molecule is COc1cc(C)c(S(=O)(=O)NC(N)=NCCC[C@H](NC(=O)[C@@H](N)Cc2cccnc2)C(O)c2nccs2)c(C)c1C. The van der Waals surface area contributed by atoms with Crippen molar-refractivity contribution in [1.29, 1.82) is 0 Å². The van der Waals surface area contributed by atoms with E-state index in [2.05, 4.69) is 25.0 Å². The Labute approximate surface area is 244 Å². The Morgan fingerprint density at radius 2 is 2.00 bits per heavy atom. The second kappa shape index (κ2) is 14.3. The van der Waals surface area contributed by atoms with Gasteiger partial charge in [0.2, 0.25) is 11.9 Å². The number of amides is 1. The van der Waals surface area contributed by atoms with Crippen LogP contribution in [0.25, 0.3) is 0 Å². The van der Waals surface area contributed by atoms with E-state index in [1.165, 1.54) is 18.4 Å². The third-order valence-electron chi connectivity index (χ3n) is 6.59. The van der Waals surface area contributed by atoms with E-state index in [1.54, 1.807) is 56.9 Å². The van der Waals surface area contributed by atoms with Crippen molar-refractivity contribution in [3.8, 4) is 5.75 Å². The summed E-state index contributed by atoms with van der Waals surface area (Å²) in [6.45, 7) is 5.32. The molecular weight excluding hydrogens is 566 g/mol. The fraction of sp³-hybridized carbons (Fsp3) is 0.407. The van der Waals surface area contributed by atoms with E-state index in [0.29, 0.717) is 40.3 Å². The number of rotatable bonds is 13. The second-order valence-electron chi connectivity index (χ2n) is 9.59. The minimum atomic E-state index is -4.00. The molecule has 12 nitrogen and oxygen atoms in total. The monoisotopic (exact) mass is 603 g/mol. The van der Waals surface area contributed by atoms with Gasteiger partial charge in [0.05, 0.1) is 24.1 Å². The van der Waals surface area contributed by atoms with Gasteiger partial charge < -0.3 is 26.6 Å². The third kappa shape index (κ3) is 8.45. The van der Waals surface area contributed by atoms with Gasteiger partial charge in [-0.25, -0.2) is 18.1 Å². The highest BCUT2D eigenvalue weighted by Gasteiger charge is 2.27. The molecule has 0 spiro atoms. The molecule has 0 saturated heterocycles. The maximum Gasteiger partial charge on any atom is 0.264 e. The standard InChI is InChI=1S/C27H37N7O5S2/c1-16-13-22(39-4)17(2)18(3)24(16)41(37,38)34-27(29)32-10-6-8-21(23(35)26-31-11-12-40-26)33-25(36)20(28)14-19-7-5-9-30-15-19/h5,7,9,11-13,15,20-21,23,35H,6,8,10,14,28H2,1-4H3,(H,33,36)(H3,29,32,34)/t20-,21-,23?/m0/s1. The highest BCUT2D eigenvalue weighted by molar-refractivity contribution is 7.90. The zero-order chi connectivity index (χ0) is 30.2. The topological polar surface area (TPSA) is 195 Å². The van der Waals surface area contributed by atoms with Crippen molar-refractivity contribution in [1.82, 2.24) is 20.0 Å². The van der Waals surface area contributed by atoms with Crippen LogP contribution in [-0.2, 0) is 21.2 Å². The molecule has 3 atom stereocenters. The maximum atomic E-state index is 13.1. The fourth-order valence-corrected chi connectivity index (χ4v) is 6.56. The molecule has 0 aliphatic rings. The first-order valence-electron chi connectivity index (χ1n) is 12.9. The first kappa shape index (κ1) is 31.9. The molecule has 3 aromatic rings. The van der Waals surface area contributed by atoms with E-state index >= 15 is 0 Å². The minimum Gasteiger partial charge on any atom is -0.496 e. The summed E-state index contributed by atoms with van der Waals surface area (Å²) in [4.78, 5) is 25.3. The number of aliphatic imine (C=N–C) groups is 1. The summed E-state index contributed by atoms with van der Waals surface area (Å²) >= 11 is 1.27. The number of hydrogen-bond donors (Lipinski definition) is 5. The van der Waals surface area contributed by atoms with E-state index < -0.39 is 34.1 Å². The van der Waals surface area contributed by atoms with Crippen LogP contribution < -0.4 is 26.2 Å². The molecule has 0 bridgehead atoms.